The summed E-state index contributed by atoms with van der Waals surface area (Å²) in [5.41, 5.74) is 3.88. The van der Waals surface area contributed by atoms with Crippen LogP contribution in [-0.2, 0) is 24.4 Å². The van der Waals surface area contributed by atoms with E-state index in [0.29, 0.717) is 24.7 Å². The molecule has 0 saturated heterocycles. The van der Waals surface area contributed by atoms with Crippen LogP contribution in [0.2, 0.25) is 5.02 Å². The SMILES string of the molecule is O=C(Cc1ccccc1Cl)c1ccc2c(c1)COC2. The zero-order valence-corrected chi connectivity index (χ0v) is 11.1. The smallest absolute Gasteiger partial charge is 0.167 e. The summed E-state index contributed by atoms with van der Waals surface area (Å²) in [7, 11) is 0. The van der Waals surface area contributed by atoms with Crippen LogP contribution in [0.3, 0.4) is 0 Å². The van der Waals surface area contributed by atoms with Gasteiger partial charge in [-0.15, -0.1) is 0 Å². The first-order valence-corrected chi connectivity index (χ1v) is 6.58. The number of carbonyl (C=O) groups excluding carboxylic acids is 1. The van der Waals surface area contributed by atoms with Gasteiger partial charge in [-0.3, -0.25) is 4.79 Å². The second kappa shape index (κ2) is 5.16. The van der Waals surface area contributed by atoms with Crippen molar-refractivity contribution in [1.29, 1.82) is 0 Å². The molecule has 0 fully saturated rings. The largest absolute Gasteiger partial charge is 0.372 e. The summed E-state index contributed by atoms with van der Waals surface area (Å²) < 4.78 is 5.35. The third-order valence-corrected chi connectivity index (χ3v) is 3.72. The molecule has 19 heavy (non-hydrogen) atoms. The Kier molecular flexibility index (Phi) is 3.36. The molecule has 96 valence electrons. The molecule has 2 aromatic carbocycles. The van der Waals surface area contributed by atoms with E-state index in [1.165, 1.54) is 5.56 Å². The topological polar surface area (TPSA) is 26.3 Å². The predicted molar refractivity (Wildman–Crippen MR) is 74.4 cm³/mol. The van der Waals surface area contributed by atoms with Crippen molar-refractivity contribution in [2.75, 3.05) is 0 Å². The van der Waals surface area contributed by atoms with Gasteiger partial charge < -0.3 is 4.74 Å². The lowest BCUT2D eigenvalue weighted by Gasteiger charge is -2.05. The van der Waals surface area contributed by atoms with Gasteiger partial charge in [0.15, 0.2) is 5.78 Å². The molecule has 3 rings (SSSR count). The Morgan fingerprint density at radius 1 is 1.11 bits per heavy atom. The summed E-state index contributed by atoms with van der Waals surface area (Å²) in [6.45, 7) is 1.25. The molecule has 0 unspecified atom stereocenters. The fourth-order valence-electron chi connectivity index (χ4n) is 2.26. The Bertz CT molecular complexity index is 634. The minimum atomic E-state index is 0.0859. The number of benzene rings is 2. The molecule has 0 spiro atoms. The van der Waals surface area contributed by atoms with Crippen LogP contribution in [0.25, 0.3) is 0 Å². The number of Topliss-reactive ketones (excluding diaryl/α,β-unsaturated/α-hetero) is 1. The van der Waals surface area contributed by atoms with Crippen LogP contribution in [0.1, 0.15) is 27.0 Å². The number of halogens is 1. The summed E-state index contributed by atoms with van der Waals surface area (Å²) in [4.78, 5) is 12.3. The number of ketones is 1. The first-order valence-electron chi connectivity index (χ1n) is 6.20. The highest BCUT2D eigenvalue weighted by molar-refractivity contribution is 6.31. The number of rotatable bonds is 3. The molecule has 1 aliphatic heterocycles. The predicted octanol–water partition coefficient (Wildman–Crippen LogP) is 3.80. The Labute approximate surface area is 117 Å². The molecule has 0 N–H and O–H groups in total. The van der Waals surface area contributed by atoms with Crippen molar-refractivity contribution in [3.63, 3.8) is 0 Å². The van der Waals surface area contributed by atoms with E-state index in [-0.39, 0.29) is 5.78 Å². The maximum atomic E-state index is 12.3. The third kappa shape index (κ3) is 2.55. The summed E-state index contributed by atoms with van der Waals surface area (Å²) in [5, 5.41) is 0.639. The highest BCUT2D eigenvalue weighted by Crippen LogP contribution is 2.22. The van der Waals surface area contributed by atoms with Gasteiger partial charge in [0.2, 0.25) is 0 Å². The monoisotopic (exact) mass is 272 g/mol. The lowest BCUT2D eigenvalue weighted by atomic mass is 9.99. The van der Waals surface area contributed by atoms with Gasteiger partial charge in [0, 0.05) is 17.0 Å². The highest BCUT2D eigenvalue weighted by atomic mass is 35.5. The van der Waals surface area contributed by atoms with E-state index in [4.69, 9.17) is 16.3 Å². The van der Waals surface area contributed by atoms with Crippen LogP contribution in [0.4, 0.5) is 0 Å². The maximum absolute atomic E-state index is 12.3. The van der Waals surface area contributed by atoms with Crippen molar-refractivity contribution in [2.45, 2.75) is 19.6 Å². The summed E-state index contributed by atoms with van der Waals surface area (Å²) in [6.07, 6.45) is 0.333. The first-order chi connectivity index (χ1) is 9.24. The van der Waals surface area contributed by atoms with Gasteiger partial charge in [0.05, 0.1) is 13.2 Å². The van der Waals surface area contributed by atoms with Crippen molar-refractivity contribution in [2.24, 2.45) is 0 Å². The average molecular weight is 273 g/mol. The summed E-state index contributed by atoms with van der Waals surface area (Å²) in [6, 6.07) is 13.2. The standard InChI is InChI=1S/C16H13ClO2/c17-15-4-2-1-3-11(15)8-16(18)12-5-6-13-9-19-10-14(13)7-12/h1-7H,8-10H2. The fourth-order valence-corrected chi connectivity index (χ4v) is 2.46. The molecule has 3 heteroatoms. The average Bonchev–Trinajstić information content (AvgIpc) is 2.88. The third-order valence-electron chi connectivity index (χ3n) is 3.35. The van der Waals surface area contributed by atoms with Crippen LogP contribution in [0, 0.1) is 0 Å². The van der Waals surface area contributed by atoms with Crippen LogP contribution in [-0.4, -0.2) is 5.78 Å². The van der Waals surface area contributed by atoms with Crippen LogP contribution < -0.4 is 0 Å². The molecule has 1 aliphatic rings. The van der Waals surface area contributed by atoms with Crippen molar-refractivity contribution in [3.05, 3.63) is 69.7 Å². The molecule has 2 nitrogen and oxygen atoms in total. The quantitative estimate of drug-likeness (QED) is 0.795. The highest BCUT2D eigenvalue weighted by Gasteiger charge is 2.15. The van der Waals surface area contributed by atoms with E-state index in [0.717, 1.165) is 16.7 Å². The second-order valence-corrected chi connectivity index (χ2v) is 5.07. The number of hydrogen-bond acceptors (Lipinski definition) is 2. The van der Waals surface area contributed by atoms with Crippen molar-refractivity contribution in [1.82, 2.24) is 0 Å². The van der Waals surface area contributed by atoms with Gasteiger partial charge >= 0.3 is 0 Å². The van der Waals surface area contributed by atoms with Gasteiger partial charge in [-0.25, -0.2) is 0 Å². The number of ether oxygens (including phenoxy) is 1. The van der Waals surface area contributed by atoms with Crippen molar-refractivity contribution >= 4 is 17.4 Å². The second-order valence-electron chi connectivity index (χ2n) is 4.67. The van der Waals surface area contributed by atoms with Crippen LogP contribution in [0.15, 0.2) is 42.5 Å². The van der Waals surface area contributed by atoms with Crippen molar-refractivity contribution < 1.29 is 9.53 Å². The molecule has 0 aliphatic carbocycles. The van der Waals surface area contributed by atoms with Crippen LogP contribution >= 0.6 is 11.6 Å². The lowest BCUT2D eigenvalue weighted by molar-refractivity contribution is 0.0993. The molecule has 1 heterocycles. The molecule has 0 bridgehead atoms. The Balaban J connectivity index is 1.83. The number of carbonyl (C=O) groups is 1. The normalized spacial score (nSPS) is 13.3. The maximum Gasteiger partial charge on any atom is 0.167 e. The number of fused-ring (bicyclic) bond motifs is 1. The zero-order valence-electron chi connectivity index (χ0n) is 10.4. The Morgan fingerprint density at radius 2 is 1.89 bits per heavy atom. The van der Waals surface area contributed by atoms with Gasteiger partial charge in [0.1, 0.15) is 0 Å². The fraction of sp³-hybridized carbons (Fsp3) is 0.188. The van der Waals surface area contributed by atoms with E-state index in [1.54, 1.807) is 6.07 Å². The summed E-state index contributed by atoms with van der Waals surface area (Å²) >= 11 is 6.08. The molecule has 0 saturated carbocycles. The van der Waals surface area contributed by atoms with E-state index in [9.17, 15) is 4.79 Å². The Morgan fingerprint density at radius 3 is 2.74 bits per heavy atom. The zero-order chi connectivity index (χ0) is 13.2. The lowest BCUT2D eigenvalue weighted by Crippen LogP contribution is -2.04. The minimum Gasteiger partial charge on any atom is -0.372 e. The summed E-state index contributed by atoms with van der Waals surface area (Å²) in [5.74, 6) is 0.0859. The minimum absolute atomic E-state index is 0.0859. The van der Waals surface area contributed by atoms with Gasteiger partial charge in [0.25, 0.3) is 0 Å². The molecule has 0 aromatic heterocycles. The Hall–Kier alpha value is -1.64. The van der Waals surface area contributed by atoms with E-state index >= 15 is 0 Å². The van der Waals surface area contributed by atoms with E-state index < -0.39 is 0 Å². The molecule has 0 amide bonds. The number of hydrogen-bond donors (Lipinski definition) is 0. The van der Waals surface area contributed by atoms with Crippen molar-refractivity contribution in [3.8, 4) is 0 Å². The van der Waals surface area contributed by atoms with Gasteiger partial charge in [-0.05, 0) is 28.8 Å². The molecule has 0 atom stereocenters. The molecule has 0 radical (unpaired) electrons. The van der Waals surface area contributed by atoms with E-state index in [1.807, 2.05) is 36.4 Å². The van der Waals surface area contributed by atoms with Crippen LogP contribution in [0.5, 0.6) is 0 Å². The molecular formula is C16H13ClO2. The van der Waals surface area contributed by atoms with Gasteiger partial charge in [-0.2, -0.15) is 0 Å². The van der Waals surface area contributed by atoms with Gasteiger partial charge in [-0.1, -0.05) is 41.9 Å². The molecule has 2 aromatic rings. The van der Waals surface area contributed by atoms with E-state index in [2.05, 4.69) is 0 Å². The first kappa shape index (κ1) is 12.4. The molecular weight excluding hydrogens is 260 g/mol.